The number of hydrogen-bond donors (Lipinski definition) is 2. The quantitative estimate of drug-likeness (QED) is 0.712. The van der Waals surface area contributed by atoms with Crippen LogP contribution in [0.1, 0.15) is 42.5 Å². The number of nitrogens with one attached hydrogen (secondary N) is 2. The minimum atomic E-state index is -1.02. The number of carbonyl (C=O) groups is 3. The van der Waals surface area contributed by atoms with Crippen LogP contribution in [0, 0.1) is 19.8 Å². The van der Waals surface area contributed by atoms with E-state index in [1.54, 1.807) is 19.9 Å². The molecule has 28 heavy (non-hydrogen) atoms. The zero-order valence-corrected chi connectivity index (χ0v) is 16.7. The van der Waals surface area contributed by atoms with E-state index in [-0.39, 0.29) is 11.7 Å². The topological polar surface area (TPSA) is 97.6 Å². The van der Waals surface area contributed by atoms with Crippen molar-refractivity contribution in [3.63, 3.8) is 0 Å². The van der Waals surface area contributed by atoms with Crippen molar-refractivity contribution in [1.29, 1.82) is 0 Å². The van der Waals surface area contributed by atoms with Crippen molar-refractivity contribution >= 4 is 23.5 Å². The van der Waals surface area contributed by atoms with Gasteiger partial charge in [0.25, 0.3) is 11.8 Å². The van der Waals surface area contributed by atoms with E-state index in [1.807, 2.05) is 32.0 Å². The maximum Gasteiger partial charge on any atom is 0.329 e. The fraction of sp³-hybridized carbons (Fsp3) is 0.381. The number of rotatable bonds is 7. The maximum atomic E-state index is 12.5. The van der Waals surface area contributed by atoms with Crippen molar-refractivity contribution in [2.45, 2.75) is 46.8 Å². The standard InChI is InChI=1S/C21H26N2O5/c1-12(2)17(22-20(25)16-10-7-11-27-16)21(26)28-15(5)19(24)23-18-13(3)8-6-9-14(18)4/h6-12,15,17H,1-5H3,(H,22,25)(H,23,24)/t15-,17+/m1/s1. The average molecular weight is 386 g/mol. The van der Waals surface area contributed by atoms with E-state index in [0.29, 0.717) is 5.69 Å². The van der Waals surface area contributed by atoms with Crippen LogP contribution in [0.25, 0.3) is 0 Å². The van der Waals surface area contributed by atoms with Gasteiger partial charge in [-0.15, -0.1) is 0 Å². The molecule has 7 nitrogen and oxygen atoms in total. The molecule has 2 rings (SSSR count). The summed E-state index contributed by atoms with van der Waals surface area (Å²) in [5.74, 6) is -1.78. The van der Waals surface area contributed by atoms with E-state index in [4.69, 9.17) is 9.15 Å². The zero-order chi connectivity index (χ0) is 20.8. The predicted octanol–water partition coefficient (Wildman–Crippen LogP) is 3.22. The number of esters is 1. The highest BCUT2D eigenvalue weighted by Crippen LogP contribution is 2.20. The van der Waals surface area contributed by atoms with Gasteiger partial charge in [-0.1, -0.05) is 32.0 Å². The Labute approximate surface area is 164 Å². The Morgan fingerprint density at radius 3 is 2.18 bits per heavy atom. The monoisotopic (exact) mass is 386 g/mol. The van der Waals surface area contributed by atoms with E-state index in [2.05, 4.69) is 10.6 Å². The first kappa shape index (κ1) is 21.2. The Hall–Kier alpha value is -3.09. The normalized spacial score (nSPS) is 12.9. The predicted molar refractivity (Wildman–Crippen MR) is 105 cm³/mol. The van der Waals surface area contributed by atoms with Crippen molar-refractivity contribution in [2.75, 3.05) is 5.32 Å². The number of amides is 2. The number of carbonyl (C=O) groups excluding carboxylic acids is 3. The van der Waals surface area contributed by atoms with Gasteiger partial charge >= 0.3 is 5.97 Å². The van der Waals surface area contributed by atoms with Gasteiger partial charge in [-0.25, -0.2) is 4.79 Å². The van der Waals surface area contributed by atoms with Crippen LogP contribution in [-0.2, 0) is 14.3 Å². The van der Waals surface area contributed by atoms with Gasteiger partial charge in [0.15, 0.2) is 11.9 Å². The summed E-state index contributed by atoms with van der Waals surface area (Å²) in [6.07, 6.45) is 0.352. The molecule has 2 atom stereocenters. The van der Waals surface area contributed by atoms with Gasteiger partial charge in [0, 0.05) is 5.69 Å². The molecule has 1 heterocycles. The average Bonchev–Trinajstić information content (AvgIpc) is 3.16. The minimum Gasteiger partial charge on any atom is -0.459 e. The summed E-state index contributed by atoms with van der Waals surface area (Å²) in [6.45, 7) is 8.81. The van der Waals surface area contributed by atoms with Gasteiger partial charge < -0.3 is 19.8 Å². The van der Waals surface area contributed by atoms with Crippen molar-refractivity contribution in [3.05, 3.63) is 53.5 Å². The molecule has 0 aliphatic rings. The maximum absolute atomic E-state index is 12.5. The summed E-state index contributed by atoms with van der Waals surface area (Å²) in [5.41, 5.74) is 2.53. The second-order valence-corrected chi connectivity index (χ2v) is 7.01. The van der Waals surface area contributed by atoms with Gasteiger partial charge in [0.05, 0.1) is 6.26 Å². The number of hydrogen-bond acceptors (Lipinski definition) is 5. The summed E-state index contributed by atoms with van der Waals surface area (Å²) >= 11 is 0. The van der Waals surface area contributed by atoms with Gasteiger partial charge in [-0.2, -0.15) is 0 Å². The first-order valence-electron chi connectivity index (χ1n) is 9.12. The molecule has 2 aromatic rings. The minimum absolute atomic E-state index is 0.0965. The van der Waals surface area contributed by atoms with Gasteiger partial charge in [-0.3, -0.25) is 9.59 Å². The molecular weight excluding hydrogens is 360 g/mol. The molecule has 150 valence electrons. The second kappa shape index (κ2) is 9.21. The summed E-state index contributed by atoms with van der Waals surface area (Å²) in [6, 6.07) is 7.85. The molecule has 0 saturated carbocycles. The molecule has 0 aliphatic carbocycles. The van der Waals surface area contributed by atoms with Crippen LogP contribution >= 0.6 is 0 Å². The number of anilines is 1. The molecule has 1 aromatic heterocycles. The number of aryl methyl sites for hydroxylation is 2. The van der Waals surface area contributed by atoms with E-state index in [9.17, 15) is 14.4 Å². The lowest BCUT2D eigenvalue weighted by atomic mass is 10.0. The van der Waals surface area contributed by atoms with E-state index in [0.717, 1.165) is 11.1 Å². The van der Waals surface area contributed by atoms with E-state index >= 15 is 0 Å². The molecule has 0 bridgehead atoms. The van der Waals surface area contributed by atoms with Crippen LogP contribution in [-0.4, -0.2) is 29.9 Å². The summed E-state index contributed by atoms with van der Waals surface area (Å²) in [4.78, 5) is 37.2. The van der Waals surface area contributed by atoms with Crippen molar-refractivity contribution < 1.29 is 23.5 Å². The Balaban J connectivity index is 2.01. The fourth-order valence-electron chi connectivity index (χ4n) is 2.66. The number of para-hydroxylation sites is 1. The highest BCUT2D eigenvalue weighted by Gasteiger charge is 2.30. The number of benzene rings is 1. The Kier molecular flexibility index (Phi) is 6.98. The fourth-order valence-corrected chi connectivity index (χ4v) is 2.66. The molecule has 0 saturated heterocycles. The van der Waals surface area contributed by atoms with E-state index in [1.165, 1.54) is 19.3 Å². The SMILES string of the molecule is Cc1cccc(C)c1NC(=O)[C@@H](C)OC(=O)[C@@H](NC(=O)c1ccco1)C(C)C. The van der Waals surface area contributed by atoms with E-state index < -0.39 is 29.9 Å². The van der Waals surface area contributed by atoms with Crippen LogP contribution in [0.2, 0.25) is 0 Å². The van der Waals surface area contributed by atoms with Gasteiger partial charge in [0.2, 0.25) is 0 Å². The summed E-state index contributed by atoms with van der Waals surface area (Å²) in [5, 5.41) is 5.39. The van der Waals surface area contributed by atoms with Gasteiger partial charge in [0.1, 0.15) is 6.04 Å². The second-order valence-electron chi connectivity index (χ2n) is 7.01. The van der Waals surface area contributed by atoms with Crippen molar-refractivity contribution in [3.8, 4) is 0 Å². The molecular formula is C21H26N2O5. The third kappa shape index (κ3) is 5.22. The first-order chi connectivity index (χ1) is 13.2. The lowest BCUT2D eigenvalue weighted by Crippen LogP contribution is -2.47. The number of furan rings is 1. The Bertz CT molecular complexity index is 822. The highest BCUT2D eigenvalue weighted by molar-refractivity contribution is 5.97. The van der Waals surface area contributed by atoms with Crippen molar-refractivity contribution in [2.24, 2.45) is 5.92 Å². The van der Waals surface area contributed by atoms with Crippen LogP contribution in [0.4, 0.5) is 5.69 Å². The third-order valence-corrected chi connectivity index (χ3v) is 4.34. The number of ether oxygens (including phenoxy) is 1. The van der Waals surface area contributed by atoms with Crippen LogP contribution in [0.5, 0.6) is 0 Å². The Morgan fingerprint density at radius 2 is 1.64 bits per heavy atom. The molecule has 0 fully saturated rings. The summed E-state index contributed by atoms with van der Waals surface area (Å²) < 4.78 is 10.3. The molecule has 0 spiro atoms. The Morgan fingerprint density at radius 1 is 1.00 bits per heavy atom. The molecule has 2 N–H and O–H groups in total. The largest absolute Gasteiger partial charge is 0.459 e. The molecule has 2 amide bonds. The first-order valence-corrected chi connectivity index (χ1v) is 9.12. The summed E-state index contributed by atoms with van der Waals surface area (Å²) in [7, 11) is 0. The third-order valence-electron chi connectivity index (χ3n) is 4.34. The highest BCUT2D eigenvalue weighted by atomic mass is 16.5. The lowest BCUT2D eigenvalue weighted by molar-refractivity contribution is -0.156. The van der Waals surface area contributed by atoms with Crippen LogP contribution in [0.15, 0.2) is 41.0 Å². The lowest BCUT2D eigenvalue weighted by Gasteiger charge is -2.23. The van der Waals surface area contributed by atoms with Crippen LogP contribution in [0.3, 0.4) is 0 Å². The molecule has 0 unspecified atom stereocenters. The zero-order valence-electron chi connectivity index (χ0n) is 16.7. The van der Waals surface area contributed by atoms with Crippen molar-refractivity contribution in [1.82, 2.24) is 5.32 Å². The molecule has 7 heteroatoms. The van der Waals surface area contributed by atoms with Crippen LogP contribution < -0.4 is 10.6 Å². The smallest absolute Gasteiger partial charge is 0.329 e. The van der Waals surface area contributed by atoms with Gasteiger partial charge in [-0.05, 0) is 49.9 Å². The molecule has 0 radical (unpaired) electrons. The molecule has 0 aliphatic heterocycles. The molecule has 1 aromatic carbocycles.